The van der Waals surface area contributed by atoms with Gasteiger partial charge in [0.05, 0.1) is 0 Å². The molecule has 7 heteroatoms. The summed E-state index contributed by atoms with van der Waals surface area (Å²) in [6.07, 6.45) is 4.36. The topological polar surface area (TPSA) is 91.1 Å². The van der Waals surface area contributed by atoms with E-state index in [1.54, 1.807) is 18.3 Å². The minimum absolute atomic E-state index is 0.254. The highest BCUT2D eigenvalue weighted by Gasteiger charge is 2.15. The van der Waals surface area contributed by atoms with Gasteiger partial charge >= 0.3 is 5.76 Å². The Hall–Kier alpha value is -3.22. The number of nitrogens with zero attached hydrogens (tertiary/aromatic N) is 2. The molecular formula is C19H18FN3O3. The zero-order chi connectivity index (χ0) is 18.8. The average Bonchev–Trinajstić information content (AvgIpc) is 2.88. The van der Waals surface area contributed by atoms with Crippen molar-refractivity contribution in [3.8, 4) is 0 Å². The first kappa shape index (κ1) is 17.6. The Morgan fingerprint density at radius 2 is 2.15 bits per heavy atom. The molecule has 0 aliphatic carbocycles. The SMILES string of the molecule is CCC=C(c1cnc2c(c1)oc(=O)n2CC(N)=O)c1ccc(F)cc1C. The fourth-order valence-electron chi connectivity index (χ4n) is 2.91. The first-order chi connectivity index (χ1) is 12.4. The Labute approximate surface area is 148 Å². The van der Waals surface area contributed by atoms with Crippen LogP contribution in [0.2, 0.25) is 0 Å². The number of carbonyl (C=O) groups excluding carboxylic acids is 1. The van der Waals surface area contributed by atoms with Gasteiger partial charge in [-0.25, -0.2) is 18.7 Å². The second-order valence-electron chi connectivity index (χ2n) is 5.95. The van der Waals surface area contributed by atoms with Gasteiger partial charge < -0.3 is 10.2 Å². The predicted octanol–water partition coefficient (Wildman–Crippen LogP) is 2.76. The van der Waals surface area contributed by atoms with Crippen molar-refractivity contribution in [2.75, 3.05) is 0 Å². The number of oxazole rings is 1. The monoisotopic (exact) mass is 355 g/mol. The van der Waals surface area contributed by atoms with Gasteiger partial charge in [0, 0.05) is 11.8 Å². The quantitative estimate of drug-likeness (QED) is 0.762. The highest BCUT2D eigenvalue weighted by atomic mass is 19.1. The van der Waals surface area contributed by atoms with Crippen LogP contribution >= 0.6 is 0 Å². The number of halogens is 1. The molecule has 0 unspecified atom stereocenters. The van der Waals surface area contributed by atoms with E-state index in [4.69, 9.17) is 10.2 Å². The Kier molecular flexibility index (Phi) is 4.71. The molecule has 134 valence electrons. The summed E-state index contributed by atoms with van der Waals surface area (Å²) in [7, 11) is 0. The Balaban J connectivity index is 2.14. The van der Waals surface area contributed by atoms with Crippen LogP contribution < -0.4 is 11.5 Å². The Bertz CT molecular complexity index is 1080. The van der Waals surface area contributed by atoms with Crippen molar-refractivity contribution in [1.29, 1.82) is 0 Å². The smallest absolute Gasteiger partial charge is 0.406 e. The van der Waals surface area contributed by atoms with Crippen LogP contribution in [0.5, 0.6) is 0 Å². The fourth-order valence-corrected chi connectivity index (χ4v) is 2.91. The summed E-state index contributed by atoms with van der Waals surface area (Å²) >= 11 is 0. The zero-order valence-electron chi connectivity index (χ0n) is 14.5. The molecule has 0 spiro atoms. The van der Waals surface area contributed by atoms with Crippen molar-refractivity contribution < 1.29 is 13.6 Å². The molecule has 0 aliphatic rings. The van der Waals surface area contributed by atoms with E-state index in [0.29, 0.717) is 0 Å². The van der Waals surface area contributed by atoms with E-state index < -0.39 is 11.7 Å². The molecule has 6 nitrogen and oxygen atoms in total. The van der Waals surface area contributed by atoms with Gasteiger partial charge in [0.2, 0.25) is 5.91 Å². The first-order valence-electron chi connectivity index (χ1n) is 8.15. The molecule has 0 atom stereocenters. The molecule has 0 saturated heterocycles. The minimum Gasteiger partial charge on any atom is -0.406 e. The van der Waals surface area contributed by atoms with Crippen LogP contribution in [0.1, 0.15) is 30.0 Å². The Morgan fingerprint density at radius 3 is 2.81 bits per heavy atom. The number of nitrogens with two attached hydrogens (primary N) is 1. The van der Waals surface area contributed by atoms with Gasteiger partial charge in [-0.1, -0.05) is 19.1 Å². The lowest BCUT2D eigenvalue weighted by atomic mass is 9.94. The number of aryl methyl sites for hydroxylation is 1. The molecule has 3 aromatic rings. The standard InChI is InChI=1S/C19H18FN3O3/c1-3-4-15(14-6-5-13(20)7-11(14)2)12-8-16-18(22-9-12)23(10-17(21)24)19(25)26-16/h4-9H,3,10H2,1-2H3,(H2,21,24). The molecular weight excluding hydrogens is 337 g/mol. The number of aromatic nitrogens is 2. The normalized spacial score (nSPS) is 11.9. The van der Waals surface area contributed by atoms with E-state index in [2.05, 4.69) is 4.98 Å². The molecule has 1 amide bonds. The van der Waals surface area contributed by atoms with Gasteiger partial charge in [-0.2, -0.15) is 0 Å². The number of allylic oxidation sites excluding steroid dienone is 1. The number of hydrogen-bond donors (Lipinski definition) is 1. The van der Waals surface area contributed by atoms with Gasteiger partial charge in [-0.3, -0.25) is 4.79 Å². The van der Waals surface area contributed by atoms with Crippen LogP contribution in [0.25, 0.3) is 16.8 Å². The summed E-state index contributed by atoms with van der Waals surface area (Å²) in [6, 6.07) is 6.27. The molecule has 0 saturated carbocycles. The van der Waals surface area contributed by atoms with Crippen LogP contribution in [0.15, 0.2) is 45.8 Å². The van der Waals surface area contributed by atoms with E-state index in [-0.39, 0.29) is 23.6 Å². The van der Waals surface area contributed by atoms with Gasteiger partial charge in [0.15, 0.2) is 11.2 Å². The van der Waals surface area contributed by atoms with Gasteiger partial charge in [-0.15, -0.1) is 0 Å². The second kappa shape index (κ2) is 6.95. The molecule has 3 rings (SSSR count). The van der Waals surface area contributed by atoms with E-state index >= 15 is 0 Å². The van der Waals surface area contributed by atoms with Crippen molar-refractivity contribution in [1.82, 2.24) is 9.55 Å². The molecule has 2 heterocycles. The van der Waals surface area contributed by atoms with Crippen molar-refractivity contribution >= 4 is 22.7 Å². The third-order valence-corrected chi connectivity index (χ3v) is 4.02. The summed E-state index contributed by atoms with van der Waals surface area (Å²) in [5.41, 5.74) is 8.93. The van der Waals surface area contributed by atoms with Crippen LogP contribution in [0.3, 0.4) is 0 Å². The molecule has 0 bridgehead atoms. The average molecular weight is 355 g/mol. The number of amides is 1. The molecule has 26 heavy (non-hydrogen) atoms. The maximum Gasteiger partial charge on any atom is 0.421 e. The summed E-state index contributed by atoms with van der Waals surface area (Å²) in [5, 5.41) is 0. The number of fused-ring (bicyclic) bond motifs is 1. The molecule has 0 aliphatic heterocycles. The van der Waals surface area contributed by atoms with E-state index in [1.165, 1.54) is 12.1 Å². The lowest BCUT2D eigenvalue weighted by molar-refractivity contribution is -0.118. The first-order valence-corrected chi connectivity index (χ1v) is 8.15. The number of pyridine rings is 1. The van der Waals surface area contributed by atoms with E-state index in [1.807, 2.05) is 19.9 Å². The van der Waals surface area contributed by atoms with Crippen LogP contribution in [0.4, 0.5) is 4.39 Å². The number of rotatable bonds is 5. The fraction of sp³-hybridized carbons (Fsp3) is 0.211. The van der Waals surface area contributed by atoms with Crippen molar-refractivity contribution in [2.24, 2.45) is 5.73 Å². The minimum atomic E-state index is -0.692. The lowest BCUT2D eigenvalue weighted by Crippen LogP contribution is -2.25. The van der Waals surface area contributed by atoms with Gasteiger partial charge in [0.1, 0.15) is 12.4 Å². The van der Waals surface area contributed by atoms with Crippen molar-refractivity contribution in [3.05, 3.63) is 69.6 Å². The molecule has 2 N–H and O–H groups in total. The number of benzene rings is 1. The largest absolute Gasteiger partial charge is 0.421 e. The van der Waals surface area contributed by atoms with Crippen molar-refractivity contribution in [2.45, 2.75) is 26.8 Å². The van der Waals surface area contributed by atoms with E-state index in [9.17, 15) is 14.0 Å². The number of primary amides is 1. The van der Waals surface area contributed by atoms with Crippen LogP contribution in [-0.2, 0) is 11.3 Å². The molecule has 0 fully saturated rings. The molecule has 0 radical (unpaired) electrons. The van der Waals surface area contributed by atoms with Crippen molar-refractivity contribution in [3.63, 3.8) is 0 Å². The van der Waals surface area contributed by atoms with Gasteiger partial charge in [-0.05, 0) is 48.2 Å². The highest BCUT2D eigenvalue weighted by molar-refractivity contribution is 5.85. The second-order valence-corrected chi connectivity index (χ2v) is 5.95. The van der Waals surface area contributed by atoms with Crippen LogP contribution in [-0.4, -0.2) is 15.5 Å². The van der Waals surface area contributed by atoms with Crippen LogP contribution in [0, 0.1) is 12.7 Å². The summed E-state index contributed by atoms with van der Waals surface area (Å²) in [4.78, 5) is 27.3. The zero-order valence-corrected chi connectivity index (χ0v) is 14.5. The molecule has 1 aromatic carbocycles. The summed E-state index contributed by atoms with van der Waals surface area (Å²) in [6.45, 7) is 3.53. The maximum atomic E-state index is 13.4. The lowest BCUT2D eigenvalue weighted by Gasteiger charge is -2.11. The summed E-state index contributed by atoms with van der Waals surface area (Å²) < 4.78 is 19.7. The van der Waals surface area contributed by atoms with Gasteiger partial charge in [0.25, 0.3) is 0 Å². The highest BCUT2D eigenvalue weighted by Crippen LogP contribution is 2.28. The number of hydrogen-bond acceptors (Lipinski definition) is 4. The maximum absolute atomic E-state index is 13.4. The molecule has 2 aromatic heterocycles. The Morgan fingerprint density at radius 1 is 1.38 bits per heavy atom. The third kappa shape index (κ3) is 3.28. The summed E-state index contributed by atoms with van der Waals surface area (Å²) in [5.74, 6) is -1.65. The predicted molar refractivity (Wildman–Crippen MR) is 96.0 cm³/mol. The third-order valence-electron chi connectivity index (χ3n) is 4.02. The van der Waals surface area contributed by atoms with E-state index in [0.717, 1.165) is 33.3 Å². The number of carbonyl (C=O) groups is 1.